The molecule has 2 heterocycles. The van der Waals surface area contributed by atoms with Gasteiger partial charge in [-0.2, -0.15) is 0 Å². The van der Waals surface area contributed by atoms with Crippen molar-refractivity contribution in [2.75, 3.05) is 0 Å². The van der Waals surface area contributed by atoms with Crippen LogP contribution in [-0.2, 0) is 0 Å². The number of nitrogens with zero attached hydrogens (tertiary/aromatic N) is 3. The quantitative estimate of drug-likeness (QED) is 0.632. The normalized spacial score (nSPS) is 11.2. The van der Waals surface area contributed by atoms with Crippen LogP contribution in [0.15, 0.2) is 17.5 Å². The van der Waals surface area contributed by atoms with Gasteiger partial charge in [-0.05, 0) is 25.5 Å². The summed E-state index contributed by atoms with van der Waals surface area (Å²) in [5.74, 6) is -0.0514. The van der Waals surface area contributed by atoms with E-state index in [1.807, 2.05) is 19.2 Å². The Hall–Kier alpha value is -1.59. The number of hydrogen-bond acceptors (Lipinski definition) is 4. The van der Waals surface area contributed by atoms with Crippen LogP contribution in [-0.4, -0.2) is 15.0 Å². The first kappa shape index (κ1) is 12.4. The van der Waals surface area contributed by atoms with E-state index < -0.39 is 5.82 Å². The Labute approximate surface area is 118 Å². The third-order valence-electron chi connectivity index (χ3n) is 2.81. The molecule has 0 atom stereocenters. The van der Waals surface area contributed by atoms with Crippen molar-refractivity contribution in [1.29, 1.82) is 0 Å². The van der Waals surface area contributed by atoms with Crippen LogP contribution in [0.2, 0.25) is 5.15 Å². The van der Waals surface area contributed by atoms with E-state index in [2.05, 4.69) is 15.0 Å². The van der Waals surface area contributed by atoms with Crippen LogP contribution in [0.25, 0.3) is 22.4 Å². The summed E-state index contributed by atoms with van der Waals surface area (Å²) in [6.45, 7) is 3.74. The van der Waals surface area contributed by atoms with Gasteiger partial charge >= 0.3 is 0 Å². The minimum atomic E-state index is -0.405. The second-order valence-electron chi connectivity index (χ2n) is 4.18. The number of rotatable bonds is 1. The standard InChI is InChI=1S/C13H9ClFN3S/c1-6-3-4-8(15)11-10(6)12(14)18-13(17-11)9-5-19-7(2)16-9/h3-5H,1-2H3. The first-order valence-corrected chi connectivity index (χ1v) is 6.87. The molecule has 96 valence electrons. The molecule has 0 radical (unpaired) electrons. The fourth-order valence-electron chi connectivity index (χ4n) is 1.90. The predicted molar refractivity (Wildman–Crippen MR) is 75.1 cm³/mol. The van der Waals surface area contributed by atoms with E-state index in [9.17, 15) is 4.39 Å². The summed E-state index contributed by atoms with van der Waals surface area (Å²) in [6, 6.07) is 3.05. The maximum Gasteiger partial charge on any atom is 0.181 e. The molecular formula is C13H9ClFN3S. The zero-order valence-corrected chi connectivity index (χ0v) is 11.8. The van der Waals surface area contributed by atoms with Gasteiger partial charge in [0, 0.05) is 10.8 Å². The van der Waals surface area contributed by atoms with Crippen molar-refractivity contribution in [3.8, 4) is 11.5 Å². The molecule has 3 nitrogen and oxygen atoms in total. The average Bonchev–Trinajstić information content (AvgIpc) is 2.80. The third kappa shape index (κ3) is 2.09. The molecule has 0 spiro atoms. The SMILES string of the molecule is Cc1nc(-c2nc(Cl)c3c(C)ccc(F)c3n2)cs1. The minimum Gasteiger partial charge on any atom is -0.238 e. The molecule has 3 rings (SSSR count). The Kier molecular flexibility index (Phi) is 2.95. The Morgan fingerprint density at radius 3 is 2.63 bits per heavy atom. The van der Waals surface area contributed by atoms with Gasteiger partial charge in [0.2, 0.25) is 0 Å². The first-order valence-electron chi connectivity index (χ1n) is 5.61. The monoisotopic (exact) mass is 293 g/mol. The zero-order valence-electron chi connectivity index (χ0n) is 10.2. The van der Waals surface area contributed by atoms with E-state index in [0.717, 1.165) is 10.6 Å². The predicted octanol–water partition coefficient (Wildman–Crippen LogP) is 4.16. The van der Waals surface area contributed by atoms with Crippen LogP contribution in [0.5, 0.6) is 0 Å². The number of hydrogen-bond donors (Lipinski definition) is 0. The van der Waals surface area contributed by atoms with Crippen molar-refractivity contribution in [2.24, 2.45) is 0 Å². The molecule has 6 heteroatoms. The van der Waals surface area contributed by atoms with Gasteiger partial charge in [0.25, 0.3) is 0 Å². The Morgan fingerprint density at radius 2 is 1.95 bits per heavy atom. The van der Waals surface area contributed by atoms with Crippen molar-refractivity contribution >= 4 is 33.8 Å². The summed E-state index contributed by atoms with van der Waals surface area (Å²) in [6.07, 6.45) is 0. The minimum absolute atomic E-state index is 0.237. The third-order valence-corrected chi connectivity index (χ3v) is 3.86. The van der Waals surface area contributed by atoms with Crippen molar-refractivity contribution in [1.82, 2.24) is 15.0 Å². The van der Waals surface area contributed by atoms with E-state index in [4.69, 9.17) is 11.6 Å². The highest BCUT2D eigenvalue weighted by Crippen LogP contribution is 2.29. The van der Waals surface area contributed by atoms with E-state index in [0.29, 0.717) is 16.9 Å². The summed E-state index contributed by atoms with van der Waals surface area (Å²) in [5.41, 5.74) is 1.70. The molecule has 0 fully saturated rings. The molecule has 0 bridgehead atoms. The fourth-order valence-corrected chi connectivity index (χ4v) is 2.81. The highest BCUT2D eigenvalue weighted by molar-refractivity contribution is 7.09. The molecule has 0 aliphatic rings. The molecular weight excluding hydrogens is 285 g/mol. The Morgan fingerprint density at radius 1 is 1.16 bits per heavy atom. The van der Waals surface area contributed by atoms with E-state index in [1.54, 1.807) is 6.07 Å². The van der Waals surface area contributed by atoms with Crippen LogP contribution in [0, 0.1) is 19.7 Å². The topological polar surface area (TPSA) is 38.7 Å². The van der Waals surface area contributed by atoms with E-state index in [-0.39, 0.29) is 10.7 Å². The van der Waals surface area contributed by atoms with E-state index in [1.165, 1.54) is 17.4 Å². The number of thiazole rings is 1. The van der Waals surface area contributed by atoms with Crippen LogP contribution < -0.4 is 0 Å². The molecule has 0 saturated carbocycles. The molecule has 0 amide bonds. The summed E-state index contributed by atoms with van der Waals surface area (Å²) in [5, 5.41) is 3.54. The number of benzene rings is 1. The first-order chi connectivity index (χ1) is 9.06. The van der Waals surface area contributed by atoms with Crippen molar-refractivity contribution in [3.63, 3.8) is 0 Å². The number of fused-ring (bicyclic) bond motifs is 1. The average molecular weight is 294 g/mol. The second-order valence-corrected chi connectivity index (χ2v) is 5.60. The Bertz CT molecular complexity index is 785. The summed E-state index contributed by atoms with van der Waals surface area (Å²) >= 11 is 7.64. The van der Waals surface area contributed by atoms with Crippen LogP contribution in [0.3, 0.4) is 0 Å². The smallest absolute Gasteiger partial charge is 0.181 e. The lowest BCUT2D eigenvalue weighted by molar-refractivity contribution is 0.636. The molecule has 0 saturated heterocycles. The van der Waals surface area contributed by atoms with Gasteiger partial charge in [0.1, 0.15) is 22.2 Å². The molecule has 19 heavy (non-hydrogen) atoms. The van der Waals surface area contributed by atoms with Gasteiger partial charge in [-0.15, -0.1) is 11.3 Å². The lowest BCUT2D eigenvalue weighted by Gasteiger charge is -2.06. The summed E-state index contributed by atoms with van der Waals surface area (Å²) in [7, 11) is 0. The molecule has 0 aliphatic carbocycles. The highest BCUT2D eigenvalue weighted by atomic mass is 35.5. The number of halogens is 2. The van der Waals surface area contributed by atoms with Gasteiger partial charge in [0.15, 0.2) is 5.82 Å². The molecule has 3 aromatic rings. The van der Waals surface area contributed by atoms with Crippen molar-refractivity contribution in [2.45, 2.75) is 13.8 Å². The van der Waals surface area contributed by atoms with Gasteiger partial charge in [-0.3, -0.25) is 0 Å². The summed E-state index contributed by atoms with van der Waals surface area (Å²) < 4.78 is 13.9. The fraction of sp³-hybridized carbons (Fsp3) is 0.154. The molecule has 0 N–H and O–H groups in total. The van der Waals surface area contributed by atoms with Crippen LogP contribution >= 0.6 is 22.9 Å². The number of aromatic nitrogens is 3. The molecule has 0 aliphatic heterocycles. The van der Waals surface area contributed by atoms with Gasteiger partial charge in [-0.25, -0.2) is 19.3 Å². The molecule has 1 aromatic carbocycles. The molecule has 0 unspecified atom stereocenters. The maximum atomic E-state index is 13.9. The lowest BCUT2D eigenvalue weighted by atomic mass is 10.1. The highest BCUT2D eigenvalue weighted by Gasteiger charge is 2.14. The Balaban J connectivity index is 2.33. The van der Waals surface area contributed by atoms with Gasteiger partial charge in [0.05, 0.1) is 5.01 Å². The summed E-state index contributed by atoms with van der Waals surface area (Å²) in [4.78, 5) is 12.8. The maximum absolute atomic E-state index is 13.9. The van der Waals surface area contributed by atoms with Crippen molar-refractivity contribution < 1.29 is 4.39 Å². The lowest BCUT2D eigenvalue weighted by Crippen LogP contribution is -1.96. The molecule has 2 aromatic heterocycles. The van der Waals surface area contributed by atoms with Crippen molar-refractivity contribution in [3.05, 3.63) is 39.1 Å². The number of aryl methyl sites for hydroxylation is 2. The van der Waals surface area contributed by atoms with Crippen LogP contribution in [0.1, 0.15) is 10.6 Å². The van der Waals surface area contributed by atoms with Crippen LogP contribution in [0.4, 0.5) is 4.39 Å². The largest absolute Gasteiger partial charge is 0.238 e. The van der Waals surface area contributed by atoms with Gasteiger partial charge < -0.3 is 0 Å². The second kappa shape index (κ2) is 4.51. The van der Waals surface area contributed by atoms with E-state index >= 15 is 0 Å². The zero-order chi connectivity index (χ0) is 13.6. The van der Waals surface area contributed by atoms with Gasteiger partial charge in [-0.1, -0.05) is 17.7 Å².